The van der Waals surface area contributed by atoms with E-state index in [1.807, 2.05) is 19.1 Å². The summed E-state index contributed by atoms with van der Waals surface area (Å²) < 4.78 is 28.9. The quantitative estimate of drug-likeness (QED) is 0.841. The molecule has 1 saturated heterocycles. The molecule has 5 nitrogen and oxygen atoms in total. The van der Waals surface area contributed by atoms with Gasteiger partial charge in [0.2, 0.25) is 0 Å². The SMILES string of the molecule is CCN(C(=O)c1cc2c(cc1OC)CCC2)[C@@H]1CCS(=O)(=O)C1. The first-order chi connectivity index (χ1) is 10.9. The third kappa shape index (κ3) is 3.09. The second-order valence-electron chi connectivity index (χ2n) is 6.32. The average molecular weight is 337 g/mol. The highest BCUT2D eigenvalue weighted by Gasteiger charge is 2.35. The van der Waals surface area contributed by atoms with E-state index in [1.54, 1.807) is 12.0 Å². The lowest BCUT2D eigenvalue weighted by Crippen LogP contribution is -2.41. The van der Waals surface area contributed by atoms with Crippen LogP contribution in [0.4, 0.5) is 0 Å². The fourth-order valence-electron chi connectivity index (χ4n) is 3.68. The van der Waals surface area contributed by atoms with Gasteiger partial charge in [-0.2, -0.15) is 0 Å². The molecule has 6 heteroatoms. The molecule has 2 aliphatic rings. The van der Waals surface area contributed by atoms with E-state index in [-0.39, 0.29) is 23.5 Å². The van der Waals surface area contributed by atoms with Gasteiger partial charge in [-0.25, -0.2) is 8.42 Å². The van der Waals surface area contributed by atoms with Crippen LogP contribution < -0.4 is 4.74 Å². The van der Waals surface area contributed by atoms with Gasteiger partial charge in [-0.05, 0) is 55.9 Å². The molecule has 1 amide bonds. The Morgan fingerprint density at radius 1 is 1.30 bits per heavy atom. The molecule has 1 aromatic carbocycles. The third-order valence-electron chi connectivity index (χ3n) is 4.90. The summed E-state index contributed by atoms with van der Waals surface area (Å²) >= 11 is 0. The molecular formula is C17H23NO4S. The summed E-state index contributed by atoms with van der Waals surface area (Å²) in [7, 11) is -1.44. The maximum Gasteiger partial charge on any atom is 0.257 e. The van der Waals surface area contributed by atoms with Crippen LogP contribution in [0.3, 0.4) is 0 Å². The van der Waals surface area contributed by atoms with E-state index in [9.17, 15) is 13.2 Å². The highest BCUT2D eigenvalue weighted by molar-refractivity contribution is 7.91. The zero-order valence-corrected chi connectivity index (χ0v) is 14.5. The molecule has 1 heterocycles. The molecule has 0 unspecified atom stereocenters. The number of hydrogen-bond acceptors (Lipinski definition) is 4. The molecule has 126 valence electrons. The molecule has 0 saturated carbocycles. The Hall–Kier alpha value is -1.56. The molecule has 23 heavy (non-hydrogen) atoms. The first-order valence-electron chi connectivity index (χ1n) is 8.16. The van der Waals surface area contributed by atoms with Crippen molar-refractivity contribution in [3.8, 4) is 5.75 Å². The Morgan fingerprint density at radius 3 is 2.57 bits per heavy atom. The van der Waals surface area contributed by atoms with Crippen LogP contribution in [0.2, 0.25) is 0 Å². The van der Waals surface area contributed by atoms with E-state index >= 15 is 0 Å². The first-order valence-corrected chi connectivity index (χ1v) is 9.98. The normalized spacial score (nSPS) is 21.9. The topological polar surface area (TPSA) is 63.7 Å². The molecule has 0 spiro atoms. The van der Waals surface area contributed by atoms with Crippen LogP contribution in [0.25, 0.3) is 0 Å². The maximum atomic E-state index is 13.0. The molecule has 0 bridgehead atoms. The fourth-order valence-corrected chi connectivity index (χ4v) is 5.41. The van der Waals surface area contributed by atoms with Crippen LogP contribution in [0.15, 0.2) is 12.1 Å². The fraction of sp³-hybridized carbons (Fsp3) is 0.588. The van der Waals surface area contributed by atoms with Gasteiger partial charge >= 0.3 is 0 Å². The molecule has 1 atom stereocenters. The van der Waals surface area contributed by atoms with Crippen molar-refractivity contribution in [2.75, 3.05) is 25.2 Å². The number of hydrogen-bond donors (Lipinski definition) is 0. The van der Waals surface area contributed by atoms with E-state index in [0.717, 1.165) is 19.3 Å². The number of rotatable bonds is 4. The second-order valence-corrected chi connectivity index (χ2v) is 8.55. The molecule has 0 radical (unpaired) electrons. The molecular weight excluding hydrogens is 314 g/mol. The number of nitrogens with zero attached hydrogens (tertiary/aromatic N) is 1. The van der Waals surface area contributed by atoms with Crippen LogP contribution in [-0.2, 0) is 22.7 Å². The van der Waals surface area contributed by atoms with Crippen molar-refractivity contribution >= 4 is 15.7 Å². The molecule has 0 aromatic heterocycles. The summed E-state index contributed by atoms with van der Waals surface area (Å²) in [6, 6.07) is 3.68. The van der Waals surface area contributed by atoms with Crippen LogP contribution in [0, 0.1) is 0 Å². The maximum absolute atomic E-state index is 13.0. The van der Waals surface area contributed by atoms with Crippen molar-refractivity contribution in [2.45, 2.75) is 38.6 Å². The Bertz CT molecular complexity index is 726. The summed E-state index contributed by atoms with van der Waals surface area (Å²) in [5.74, 6) is 0.707. The number of benzene rings is 1. The van der Waals surface area contributed by atoms with Crippen molar-refractivity contribution in [2.24, 2.45) is 0 Å². The summed E-state index contributed by atoms with van der Waals surface area (Å²) in [5, 5.41) is 0. The number of aryl methyl sites for hydroxylation is 2. The molecule has 1 fully saturated rings. The van der Waals surface area contributed by atoms with Crippen molar-refractivity contribution in [1.29, 1.82) is 0 Å². The van der Waals surface area contributed by atoms with Crippen molar-refractivity contribution in [3.63, 3.8) is 0 Å². The predicted molar refractivity (Wildman–Crippen MR) is 88.8 cm³/mol. The van der Waals surface area contributed by atoms with Crippen molar-refractivity contribution in [3.05, 3.63) is 28.8 Å². The highest BCUT2D eigenvalue weighted by atomic mass is 32.2. The minimum atomic E-state index is -3.02. The number of ether oxygens (including phenoxy) is 1. The van der Waals surface area contributed by atoms with Crippen LogP contribution >= 0.6 is 0 Å². The van der Waals surface area contributed by atoms with E-state index in [2.05, 4.69) is 0 Å². The van der Waals surface area contributed by atoms with Crippen LogP contribution in [0.5, 0.6) is 5.75 Å². The van der Waals surface area contributed by atoms with Crippen molar-refractivity contribution < 1.29 is 17.9 Å². The van der Waals surface area contributed by atoms with E-state index in [0.29, 0.717) is 24.3 Å². The van der Waals surface area contributed by atoms with Gasteiger partial charge in [0, 0.05) is 12.6 Å². The largest absolute Gasteiger partial charge is 0.496 e. The van der Waals surface area contributed by atoms with Gasteiger partial charge in [0.05, 0.1) is 24.2 Å². The number of carbonyl (C=O) groups excluding carboxylic acids is 1. The van der Waals surface area contributed by atoms with Gasteiger partial charge < -0.3 is 9.64 Å². The number of fused-ring (bicyclic) bond motifs is 1. The van der Waals surface area contributed by atoms with Gasteiger partial charge in [-0.15, -0.1) is 0 Å². The Labute approximate surface area is 137 Å². The number of methoxy groups -OCH3 is 1. The number of sulfone groups is 1. The molecule has 0 N–H and O–H groups in total. The summed E-state index contributed by atoms with van der Waals surface area (Å²) in [6.07, 6.45) is 3.64. The number of amides is 1. The average Bonchev–Trinajstić information content (AvgIpc) is 3.12. The molecule has 1 aromatic rings. The van der Waals surface area contributed by atoms with Gasteiger partial charge in [-0.1, -0.05) is 0 Å². The third-order valence-corrected chi connectivity index (χ3v) is 6.65. The highest BCUT2D eigenvalue weighted by Crippen LogP contribution is 2.31. The zero-order chi connectivity index (χ0) is 16.6. The minimum absolute atomic E-state index is 0.0693. The molecule has 1 aliphatic carbocycles. The summed E-state index contributed by atoms with van der Waals surface area (Å²) in [4.78, 5) is 14.7. The monoisotopic (exact) mass is 337 g/mol. The van der Waals surface area contributed by atoms with Crippen LogP contribution in [-0.4, -0.2) is 50.4 Å². The lowest BCUT2D eigenvalue weighted by atomic mass is 10.0. The van der Waals surface area contributed by atoms with Gasteiger partial charge in [0.1, 0.15) is 5.75 Å². The van der Waals surface area contributed by atoms with Gasteiger partial charge in [-0.3, -0.25) is 4.79 Å². The lowest BCUT2D eigenvalue weighted by Gasteiger charge is -2.27. The lowest BCUT2D eigenvalue weighted by molar-refractivity contribution is 0.0705. The van der Waals surface area contributed by atoms with Crippen LogP contribution in [0.1, 0.15) is 41.3 Å². The zero-order valence-electron chi connectivity index (χ0n) is 13.7. The number of carbonyl (C=O) groups is 1. The van der Waals surface area contributed by atoms with E-state index in [1.165, 1.54) is 11.1 Å². The Kier molecular flexibility index (Phi) is 4.36. The molecule has 1 aliphatic heterocycles. The van der Waals surface area contributed by atoms with Crippen molar-refractivity contribution in [1.82, 2.24) is 4.90 Å². The Balaban J connectivity index is 1.92. The first kappa shape index (κ1) is 16.3. The smallest absolute Gasteiger partial charge is 0.257 e. The standard InChI is InChI=1S/C17H23NO4S/c1-3-18(14-7-8-23(20,21)11-14)17(19)15-9-12-5-4-6-13(12)10-16(15)22-2/h9-10,14H,3-8,11H2,1-2H3/t14-/m1/s1. The van der Waals surface area contributed by atoms with E-state index in [4.69, 9.17) is 4.74 Å². The van der Waals surface area contributed by atoms with Gasteiger partial charge in [0.15, 0.2) is 9.84 Å². The Morgan fingerprint density at radius 2 is 2.00 bits per heavy atom. The summed E-state index contributed by atoms with van der Waals surface area (Å²) in [6.45, 7) is 2.39. The predicted octanol–water partition coefficient (Wildman–Crippen LogP) is 1.83. The summed E-state index contributed by atoms with van der Waals surface area (Å²) in [5.41, 5.74) is 3.02. The molecule has 3 rings (SSSR count). The second kappa shape index (κ2) is 6.15. The minimum Gasteiger partial charge on any atom is -0.496 e. The van der Waals surface area contributed by atoms with Gasteiger partial charge in [0.25, 0.3) is 5.91 Å². The van der Waals surface area contributed by atoms with E-state index < -0.39 is 9.84 Å².